The van der Waals surface area contributed by atoms with Crippen LogP contribution in [0.4, 0.5) is 0 Å². The van der Waals surface area contributed by atoms with Crippen LogP contribution in [0.1, 0.15) is 22.5 Å². The van der Waals surface area contributed by atoms with Crippen LogP contribution in [0.5, 0.6) is 0 Å². The maximum Gasteiger partial charge on any atom is 0.256 e. The third-order valence-corrected chi connectivity index (χ3v) is 2.64. The minimum absolute atomic E-state index is 0.115. The number of aromatic amines is 1. The van der Waals surface area contributed by atoms with Gasteiger partial charge >= 0.3 is 0 Å². The van der Waals surface area contributed by atoms with Crippen molar-refractivity contribution in [3.05, 3.63) is 58.4 Å². The highest BCUT2D eigenvalue weighted by Crippen LogP contribution is 2.01. The maximum absolute atomic E-state index is 11.7. The summed E-state index contributed by atoms with van der Waals surface area (Å²) in [6.07, 6.45) is 5.14. The van der Waals surface area contributed by atoms with E-state index in [1.54, 1.807) is 12.3 Å². The second-order valence-corrected chi connectivity index (χ2v) is 4.16. The number of nitrogens with one attached hydrogen (secondary N) is 2. The van der Waals surface area contributed by atoms with E-state index in [0.29, 0.717) is 26.2 Å². The van der Waals surface area contributed by atoms with E-state index >= 15 is 0 Å². The van der Waals surface area contributed by atoms with Gasteiger partial charge < -0.3 is 19.5 Å². The minimum atomic E-state index is -0.377. The van der Waals surface area contributed by atoms with Crippen molar-refractivity contribution in [2.24, 2.45) is 0 Å². The van der Waals surface area contributed by atoms with Crippen LogP contribution >= 0.6 is 0 Å². The number of hydrogen-bond acceptors (Lipinski definition) is 4. The van der Waals surface area contributed by atoms with Gasteiger partial charge in [0, 0.05) is 31.6 Å². The highest BCUT2D eigenvalue weighted by molar-refractivity contribution is 5.93. The number of H-pyrrole nitrogens is 1. The highest BCUT2D eigenvalue weighted by atomic mass is 16.5. The molecule has 0 bridgehead atoms. The van der Waals surface area contributed by atoms with E-state index in [9.17, 15) is 9.59 Å². The van der Waals surface area contributed by atoms with Crippen LogP contribution in [0.15, 0.2) is 46.1 Å². The third-order valence-electron chi connectivity index (χ3n) is 2.64. The lowest BCUT2D eigenvalue weighted by Gasteiger charge is -2.05. The quantitative estimate of drug-likeness (QED) is 0.747. The first-order valence-corrected chi connectivity index (χ1v) is 6.33. The number of aromatic nitrogens is 1. The molecule has 2 rings (SSSR count). The van der Waals surface area contributed by atoms with Crippen molar-refractivity contribution in [1.82, 2.24) is 10.3 Å². The Kier molecular flexibility index (Phi) is 5.14. The zero-order valence-corrected chi connectivity index (χ0v) is 10.9. The number of amides is 1. The summed E-state index contributed by atoms with van der Waals surface area (Å²) < 4.78 is 10.5. The van der Waals surface area contributed by atoms with E-state index in [4.69, 9.17) is 9.15 Å². The molecule has 0 aliphatic rings. The van der Waals surface area contributed by atoms with Gasteiger partial charge in [-0.15, -0.1) is 0 Å². The SMILES string of the molecule is O=C(NCCCOCc1ccco1)c1c[nH]ccc1=O. The molecule has 0 radical (unpaired) electrons. The fourth-order valence-electron chi connectivity index (χ4n) is 1.63. The molecule has 20 heavy (non-hydrogen) atoms. The molecule has 6 heteroatoms. The molecule has 0 unspecified atom stereocenters. The van der Waals surface area contributed by atoms with Crippen LogP contribution in [-0.4, -0.2) is 24.0 Å². The van der Waals surface area contributed by atoms with Gasteiger partial charge in [-0.3, -0.25) is 9.59 Å². The molecular formula is C14H16N2O4. The Labute approximate surface area is 115 Å². The minimum Gasteiger partial charge on any atom is -0.467 e. The molecule has 2 aromatic heterocycles. The predicted molar refractivity (Wildman–Crippen MR) is 72.4 cm³/mol. The van der Waals surface area contributed by atoms with Crippen molar-refractivity contribution in [2.75, 3.05) is 13.2 Å². The number of rotatable bonds is 7. The van der Waals surface area contributed by atoms with Crippen LogP contribution in [0.25, 0.3) is 0 Å². The van der Waals surface area contributed by atoms with Gasteiger partial charge in [0.15, 0.2) is 5.43 Å². The van der Waals surface area contributed by atoms with Gasteiger partial charge in [0.2, 0.25) is 0 Å². The largest absolute Gasteiger partial charge is 0.467 e. The Hall–Kier alpha value is -2.34. The Morgan fingerprint density at radius 2 is 2.30 bits per heavy atom. The van der Waals surface area contributed by atoms with Crippen LogP contribution in [0.3, 0.4) is 0 Å². The molecule has 0 atom stereocenters. The highest BCUT2D eigenvalue weighted by Gasteiger charge is 2.07. The van der Waals surface area contributed by atoms with Gasteiger partial charge in [-0.25, -0.2) is 0 Å². The average Bonchev–Trinajstić information content (AvgIpc) is 2.96. The summed E-state index contributed by atoms with van der Waals surface area (Å²) in [5.74, 6) is 0.391. The summed E-state index contributed by atoms with van der Waals surface area (Å²) in [4.78, 5) is 25.8. The van der Waals surface area contributed by atoms with Gasteiger partial charge in [0.05, 0.1) is 6.26 Å². The molecule has 2 N–H and O–H groups in total. The van der Waals surface area contributed by atoms with E-state index in [1.165, 1.54) is 18.5 Å². The van der Waals surface area contributed by atoms with E-state index in [-0.39, 0.29) is 16.9 Å². The molecular weight excluding hydrogens is 260 g/mol. The van der Waals surface area contributed by atoms with Crippen LogP contribution in [0, 0.1) is 0 Å². The first-order chi connectivity index (χ1) is 9.77. The van der Waals surface area contributed by atoms with Crippen molar-refractivity contribution < 1.29 is 13.9 Å². The van der Waals surface area contributed by atoms with Crippen molar-refractivity contribution in [2.45, 2.75) is 13.0 Å². The normalized spacial score (nSPS) is 10.4. The summed E-state index contributed by atoms with van der Waals surface area (Å²) in [6.45, 7) is 1.37. The number of pyridine rings is 1. The first-order valence-electron chi connectivity index (χ1n) is 6.33. The number of furan rings is 1. The Balaban J connectivity index is 1.62. The molecule has 2 heterocycles. The standard InChI is InChI=1S/C14H16N2O4/c17-13-4-6-15-9-12(13)14(18)16-5-2-7-19-10-11-3-1-8-20-11/h1,3-4,6,8-9H,2,5,7,10H2,(H,15,17)(H,16,18). The summed E-state index contributed by atoms with van der Waals surface area (Å²) in [6, 6.07) is 4.96. The third kappa shape index (κ3) is 4.10. The fourth-order valence-corrected chi connectivity index (χ4v) is 1.63. The smallest absolute Gasteiger partial charge is 0.256 e. The molecule has 0 aliphatic carbocycles. The van der Waals surface area contributed by atoms with E-state index in [1.807, 2.05) is 6.07 Å². The number of ether oxygens (including phenoxy) is 1. The average molecular weight is 276 g/mol. The van der Waals surface area contributed by atoms with Crippen LogP contribution in [0.2, 0.25) is 0 Å². The summed E-state index contributed by atoms with van der Waals surface area (Å²) >= 11 is 0. The predicted octanol–water partition coefficient (Wildman–Crippen LogP) is 1.30. The Bertz CT molecular complexity index is 589. The molecule has 6 nitrogen and oxygen atoms in total. The monoisotopic (exact) mass is 276 g/mol. The zero-order valence-electron chi connectivity index (χ0n) is 10.9. The Morgan fingerprint density at radius 3 is 3.05 bits per heavy atom. The van der Waals surface area contributed by atoms with Gasteiger partial charge in [-0.1, -0.05) is 0 Å². The van der Waals surface area contributed by atoms with Crippen LogP contribution in [-0.2, 0) is 11.3 Å². The van der Waals surface area contributed by atoms with Gasteiger partial charge in [0.1, 0.15) is 17.9 Å². The van der Waals surface area contributed by atoms with Gasteiger partial charge in [-0.2, -0.15) is 0 Å². The summed E-state index contributed by atoms with van der Waals surface area (Å²) in [7, 11) is 0. The fraction of sp³-hybridized carbons (Fsp3) is 0.286. The zero-order chi connectivity index (χ0) is 14.2. The molecule has 0 saturated heterocycles. The van der Waals surface area contributed by atoms with E-state index < -0.39 is 0 Å². The Morgan fingerprint density at radius 1 is 1.40 bits per heavy atom. The van der Waals surface area contributed by atoms with E-state index in [0.717, 1.165) is 5.76 Å². The van der Waals surface area contributed by atoms with Crippen molar-refractivity contribution in [3.63, 3.8) is 0 Å². The van der Waals surface area contributed by atoms with Gasteiger partial charge in [-0.05, 0) is 18.6 Å². The second kappa shape index (κ2) is 7.30. The molecule has 1 amide bonds. The first kappa shape index (κ1) is 14.1. The summed E-state index contributed by atoms with van der Waals surface area (Å²) in [5, 5.41) is 2.67. The van der Waals surface area contributed by atoms with E-state index in [2.05, 4.69) is 10.3 Å². The second-order valence-electron chi connectivity index (χ2n) is 4.16. The number of hydrogen-bond donors (Lipinski definition) is 2. The van der Waals surface area contributed by atoms with Crippen LogP contribution < -0.4 is 10.7 Å². The summed E-state index contributed by atoms with van der Waals surface area (Å²) in [5.41, 5.74) is -0.181. The maximum atomic E-state index is 11.7. The molecule has 0 aromatic carbocycles. The van der Waals surface area contributed by atoms with Crippen molar-refractivity contribution in [3.8, 4) is 0 Å². The molecule has 0 spiro atoms. The van der Waals surface area contributed by atoms with Gasteiger partial charge in [0.25, 0.3) is 5.91 Å². The molecule has 0 saturated carbocycles. The lowest BCUT2D eigenvalue weighted by atomic mass is 10.2. The molecule has 2 aromatic rings. The molecule has 0 fully saturated rings. The molecule has 106 valence electrons. The number of carbonyl (C=O) groups excluding carboxylic acids is 1. The van der Waals surface area contributed by atoms with Crippen molar-refractivity contribution in [1.29, 1.82) is 0 Å². The number of carbonyl (C=O) groups is 1. The topological polar surface area (TPSA) is 84.3 Å². The lowest BCUT2D eigenvalue weighted by molar-refractivity contribution is 0.0916. The van der Waals surface area contributed by atoms with Crippen molar-refractivity contribution >= 4 is 5.91 Å². The lowest BCUT2D eigenvalue weighted by Crippen LogP contribution is -2.29. The molecule has 0 aliphatic heterocycles.